The molecule has 2 heterocycles. The number of pyridine rings is 2. The largest absolute Gasteiger partial charge is 0.477 e. The van der Waals surface area contributed by atoms with Gasteiger partial charge in [0, 0.05) is 36.1 Å². The van der Waals surface area contributed by atoms with Crippen LogP contribution in [-0.4, -0.2) is 34.8 Å². The average molecular weight is 430 g/mol. The van der Waals surface area contributed by atoms with Crippen molar-refractivity contribution in [2.45, 2.75) is 32.9 Å². The smallest absolute Gasteiger partial charge is 0.417 e. The molecule has 2 rings (SSSR count). The van der Waals surface area contributed by atoms with Crippen LogP contribution in [0.4, 0.5) is 13.2 Å². The van der Waals surface area contributed by atoms with E-state index in [0.717, 1.165) is 6.07 Å². The van der Waals surface area contributed by atoms with Gasteiger partial charge >= 0.3 is 6.18 Å². The molecule has 0 radical (unpaired) electrons. The lowest BCUT2D eigenvalue weighted by Crippen LogP contribution is -2.26. The molecule has 0 unspecified atom stereocenters. The normalized spacial score (nSPS) is 11.2. The molecule has 0 saturated heterocycles. The highest BCUT2D eigenvalue weighted by Gasteiger charge is 2.31. The Morgan fingerprint density at radius 3 is 2.59 bits per heavy atom. The van der Waals surface area contributed by atoms with Gasteiger partial charge in [-0.1, -0.05) is 11.6 Å². The fourth-order valence-corrected chi connectivity index (χ4v) is 2.67. The van der Waals surface area contributed by atoms with Gasteiger partial charge in [0.15, 0.2) is 0 Å². The number of carbonyl (C=O) groups is 2. The molecule has 0 atom stereocenters. The van der Waals surface area contributed by atoms with Crippen molar-refractivity contribution < 1.29 is 27.5 Å². The monoisotopic (exact) mass is 429 g/mol. The summed E-state index contributed by atoms with van der Waals surface area (Å²) in [5.74, 6) is -0.488. The maximum absolute atomic E-state index is 12.6. The number of alkyl halides is 3. The third-order valence-corrected chi connectivity index (χ3v) is 3.95. The lowest BCUT2D eigenvalue weighted by Gasteiger charge is -2.11. The number of hydrogen-bond donors (Lipinski definition) is 1. The van der Waals surface area contributed by atoms with Gasteiger partial charge in [-0.15, -0.1) is 0 Å². The third-order valence-electron chi connectivity index (χ3n) is 3.68. The number of aromatic nitrogens is 2. The minimum Gasteiger partial charge on any atom is -0.477 e. The number of Topliss-reactive ketones (excluding diaryl/α,β-unsaturated/α-hetero) is 1. The molecule has 2 aromatic rings. The molecule has 156 valence electrons. The van der Waals surface area contributed by atoms with Crippen LogP contribution in [0.25, 0.3) is 0 Å². The lowest BCUT2D eigenvalue weighted by atomic mass is 10.1. The number of ether oxygens (including phenoxy) is 1. The lowest BCUT2D eigenvalue weighted by molar-refractivity contribution is -0.137. The Hall–Kier alpha value is -2.68. The standard InChI is InChI=1S/C19H19ClF3N3O3/c1-11-6-13(8-15(26-11)7-12(2)27)17(28)24-4-3-5-29-18-16(20)9-14(10-25-18)19(21,22)23/h6,8-10H,3-5,7H2,1-2H3,(H,24,28). The number of rotatable bonds is 8. The van der Waals surface area contributed by atoms with Crippen LogP contribution in [0, 0.1) is 6.92 Å². The predicted molar refractivity (Wildman–Crippen MR) is 100 cm³/mol. The first kappa shape index (κ1) is 22.6. The zero-order valence-electron chi connectivity index (χ0n) is 15.8. The van der Waals surface area contributed by atoms with E-state index in [1.807, 2.05) is 0 Å². The Kier molecular flexibility index (Phi) is 7.55. The van der Waals surface area contributed by atoms with Gasteiger partial charge in [0.2, 0.25) is 5.88 Å². The second-order valence-corrected chi connectivity index (χ2v) is 6.74. The molecule has 0 bridgehead atoms. The topological polar surface area (TPSA) is 81.2 Å². The highest BCUT2D eigenvalue weighted by Crippen LogP contribution is 2.33. The first-order valence-corrected chi connectivity index (χ1v) is 9.05. The van der Waals surface area contributed by atoms with E-state index in [-0.39, 0.29) is 42.2 Å². The molecule has 0 aromatic carbocycles. The van der Waals surface area contributed by atoms with Gasteiger partial charge in [0.1, 0.15) is 10.8 Å². The minimum atomic E-state index is -4.53. The van der Waals surface area contributed by atoms with Crippen molar-refractivity contribution >= 4 is 23.3 Å². The van der Waals surface area contributed by atoms with Gasteiger partial charge in [-0.05, 0) is 38.5 Å². The number of aryl methyl sites for hydroxylation is 1. The molecular formula is C19H19ClF3N3O3. The van der Waals surface area contributed by atoms with E-state index in [2.05, 4.69) is 15.3 Å². The van der Waals surface area contributed by atoms with Gasteiger partial charge in [-0.25, -0.2) is 4.98 Å². The number of halogens is 4. The highest BCUT2D eigenvalue weighted by molar-refractivity contribution is 6.31. The van der Waals surface area contributed by atoms with Gasteiger partial charge < -0.3 is 10.1 Å². The molecule has 2 aromatic heterocycles. The van der Waals surface area contributed by atoms with E-state index in [1.165, 1.54) is 6.92 Å². The maximum Gasteiger partial charge on any atom is 0.417 e. The molecular weight excluding hydrogens is 411 g/mol. The quantitative estimate of drug-likeness (QED) is 0.646. The number of nitrogens with zero attached hydrogens (tertiary/aromatic N) is 2. The summed E-state index contributed by atoms with van der Waals surface area (Å²) in [4.78, 5) is 31.3. The summed E-state index contributed by atoms with van der Waals surface area (Å²) in [5.41, 5.74) is 0.579. The SMILES string of the molecule is CC(=O)Cc1cc(C(=O)NCCCOc2ncc(C(F)(F)F)cc2Cl)cc(C)n1. The zero-order chi connectivity index (χ0) is 21.6. The summed E-state index contributed by atoms with van der Waals surface area (Å²) in [6.45, 7) is 3.54. The van der Waals surface area contributed by atoms with Crippen LogP contribution in [0.3, 0.4) is 0 Å². The fraction of sp³-hybridized carbons (Fsp3) is 0.368. The number of nitrogens with one attached hydrogen (secondary N) is 1. The predicted octanol–water partition coefficient (Wildman–Crippen LogP) is 3.79. The number of carbonyl (C=O) groups excluding carboxylic acids is 2. The molecule has 0 spiro atoms. The zero-order valence-corrected chi connectivity index (χ0v) is 16.5. The Bertz CT molecular complexity index is 904. The van der Waals surface area contributed by atoms with E-state index >= 15 is 0 Å². The summed E-state index contributed by atoms with van der Waals surface area (Å²) in [5, 5.41) is 2.46. The van der Waals surface area contributed by atoms with Crippen LogP contribution in [0.5, 0.6) is 5.88 Å². The van der Waals surface area contributed by atoms with Crippen LogP contribution in [0.2, 0.25) is 5.02 Å². The van der Waals surface area contributed by atoms with Crippen LogP contribution in [0.1, 0.15) is 40.7 Å². The van der Waals surface area contributed by atoms with Crippen molar-refractivity contribution in [3.05, 3.63) is 51.9 Å². The second kappa shape index (κ2) is 9.69. The Morgan fingerprint density at radius 2 is 1.97 bits per heavy atom. The van der Waals surface area contributed by atoms with Crippen molar-refractivity contribution in [2.75, 3.05) is 13.2 Å². The van der Waals surface area contributed by atoms with Crippen molar-refractivity contribution in [3.63, 3.8) is 0 Å². The van der Waals surface area contributed by atoms with E-state index in [0.29, 0.717) is 29.6 Å². The Balaban J connectivity index is 1.83. The molecule has 1 amide bonds. The molecule has 0 saturated carbocycles. The van der Waals surface area contributed by atoms with E-state index in [4.69, 9.17) is 16.3 Å². The molecule has 0 aliphatic rings. The third kappa shape index (κ3) is 7.01. The first-order chi connectivity index (χ1) is 13.6. The maximum atomic E-state index is 12.6. The summed E-state index contributed by atoms with van der Waals surface area (Å²) in [6.07, 6.45) is -3.35. The summed E-state index contributed by atoms with van der Waals surface area (Å²) < 4.78 is 43.0. The second-order valence-electron chi connectivity index (χ2n) is 6.33. The van der Waals surface area contributed by atoms with Crippen LogP contribution < -0.4 is 10.1 Å². The molecule has 29 heavy (non-hydrogen) atoms. The number of ketones is 1. The van der Waals surface area contributed by atoms with E-state index < -0.39 is 11.7 Å². The summed E-state index contributed by atoms with van der Waals surface area (Å²) in [6, 6.07) is 3.92. The molecule has 6 nitrogen and oxygen atoms in total. The van der Waals surface area contributed by atoms with Gasteiger partial charge in [0.25, 0.3) is 5.91 Å². The summed E-state index contributed by atoms with van der Waals surface area (Å²) >= 11 is 5.76. The molecule has 0 aliphatic heterocycles. The minimum absolute atomic E-state index is 0.0536. The first-order valence-electron chi connectivity index (χ1n) is 8.67. The van der Waals surface area contributed by atoms with Crippen molar-refractivity contribution in [1.29, 1.82) is 0 Å². The van der Waals surface area contributed by atoms with Crippen LogP contribution in [-0.2, 0) is 17.4 Å². The molecule has 0 aliphatic carbocycles. The van der Waals surface area contributed by atoms with Crippen molar-refractivity contribution in [2.24, 2.45) is 0 Å². The van der Waals surface area contributed by atoms with Crippen molar-refractivity contribution in [3.8, 4) is 5.88 Å². The molecule has 1 N–H and O–H groups in total. The number of hydrogen-bond acceptors (Lipinski definition) is 5. The summed E-state index contributed by atoms with van der Waals surface area (Å²) in [7, 11) is 0. The Labute approximate surface area is 170 Å². The van der Waals surface area contributed by atoms with Gasteiger partial charge in [-0.2, -0.15) is 13.2 Å². The van der Waals surface area contributed by atoms with E-state index in [1.54, 1.807) is 19.1 Å². The van der Waals surface area contributed by atoms with Crippen molar-refractivity contribution in [1.82, 2.24) is 15.3 Å². The van der Waals surface area contributed by atoms with E-state index in [9.17, 15) is 22.8 Å². The van der Waals surface area contributed by atoms with Gasteiger partial charge in [-0.3, -0.25) is 14.6 Å². The van der Waals surface area contributed by atoms with Gasteiger partial charge in [0.05, 0.1) is 12.2 Å². The average Bonchev–Trinajstić information content (AvgIpc) is 2.60. The molecule has 0 fully saturated rings. The number of amides is 1. The van der Waals surface area contributed by atoms with Crippen LogP contribution in [0.15, 0.2) is 24.4 Å². The molecule has 10 heteroatoms. The highest BCUT2D eigenvalue weighted by atomic mass is 35.5. The van der Waals surface area contributed by atoms with Crippen LogP contribution >= 0.6 is 11.6 Å². The fourth-order valence-electron chi connectivity index (χ4n) is 2.45. The Morgan fingerprint density at radius 1 is 1.24 bits per heavy atom.